The molecule has 7 heteroatoms. The van der Waals surface area contributed by atoms with Crippen molar-refractivity contribution in [2.45, 2.75) is 43.5 Å². The Labute approximate surface area is 190 Å². The number of para-hydroxylation sites is 1. The Balaban J connectivity index is 1.57. The van der Waals surface area contributed by atoms with Crippen LogP contribution in [-0.2, 0) is 16.0 Å². The van der Waals surface area contributed by atoms with Crippen molar-refractivity contribution in [3.05, 3.63) is 60.2 Å². The molecule has 1 heterocycles. The van der Waals surface area contributed by atoms with Gasteiger partial charge in [-0.05, 0) is 55.5 Å². The minimum atomic E-state index is -0.429. The summed E-state index contributed by atoms with van der Waals surface area (Å²) in [6.45, 7) is 1.99. The van der Waals surface area contributed by atoms with Gasteiger partial charge >= 0.3 is 6.03 Å². The summed E-state index contributed by atoms with van der Waals surface area (Å²) in [6.07, 6.45) is 3.14. The molecule has 0 spiro atoms. The Morgan fingerprint density at radius 1 is 1.06 bits per heavy atom. The molecule has 2 aliphatic rings. The monoisotopic (exact) mass is 483 g/mol. The van der Waals surface area contributed by atoms with Crippen LogP contribution in [0.3, 0.4) is 0 Å². The fourth-order valence-corrected chi connectivity index (χ4v) is 5.12. The Kier molecular flexibility index (Phi) is 6.41. The Morgan fingerprint density at radius 3 is 2.45 bits per heavy atom. The number of benzene rings is 2. The number of rotatable bonds is 5. The van der Waals surface area contributed by atoms with Crippen LogP contribution in [0, 0.1) is 5.92 Å². The first kappa shape index (κ1) is 21.6. The zero-order chi connectivity index (χ0) is 22.0. The quantitative estimate of drug-likeness (QED) is 0.632. The van der Waals surface area contributed by atoms with Crippen molar-refractivity contribution in [2.75, 3.05) is 16.8 Å². The summed E-state index contributed by atoms with van der Waals surface area (Å²) in [5, 5.41) is 2.89. The van der Waals surface area contributed by atoms with Gasteiger partial charge in [0.15, 0.2) is 0 Å². The lowest BCUT2D eigenvalue weighted by Gasteiger charge is -2.47. The highest BCUT2D eigenvalue weighted by molar-refractivity contribution is 9.09. The van der Waals surface area contributed by atoms with Gasteiger partial charge in [0.1, 0.15) is 6.54 Å². The third kappa shape index (κ3) is 4.51. The molecule has 1 saturated heterocycles. The van der Waals surface area contributed by atoms with Crippen LogP contribution in [0.5, 0.6) is 0 Å². The molecule has 1 saturated carbocycles. The lowest BCUT2D eigenvalue weighted by Crippen LogP contribution is -2.64. The molecule has 2 aromatic rings. The Morgan fingerprint density at radius 2 is 1.77 bits per heavy atom. The number of carbonyl (C=O) groups excluding carboxylic acids is 3. The molecule has 1 N–H and O–H groups in total. The van der Waals surface area contributed by atoms with E-state index >= 15 is 0 Å². The fraction of sp³-hybridized carbons (Fsp3) is 0.375. The summed E-state index contributed by atoms with van der Waals surface area (Å²) in [5.41, 5.74) is 2.42. The topological polar surface area (TPSA) is 69.7 Å². The predicted molar refractivity (Wildman–Crippen MR) is 124 cm³/mol. The van der Waals surface area contributed by atoms with E-state index in [9.17, 15) is 14.4 Å². The standard InChI is InChI=1S/C24H26BrN3O3/c1-2-16-8-11-18(12-9-16)26-22(29)15-27-21-13-10-17(25)14-20(21)23(30)28(24(27)31)19-6-4-3-5-7-19/h3-9,11-12,17,20-21H,2,10,13-15H2,1H3,(H,26,29). The number of carbonyl (C=O) groups is 3. The van der Waals surface area contributed by atoms with Gasteiger partial charge in [-0.2, -0.15) is 0 Å². The first-order valence-corrected chi connectivity index (χ1v) is 11.6. The van der Waals surface area contributed by atoms with Crippen molar-refractivity contribution in [3.63, 3.8) is 0 Å². The maximum Gasteiger partial charge on any atom is 0.332 e. The number of hydrogen-bond acceptors (Lipinski definition) is 3. The van der Waals surface area contributed by atoms with Gasteiger partial charge in [0.2, 0.25) is 11.8 Å². The maximum absolute atomic E-state index is 13.4. The third-order valence-corrected chi connectivity index (χ3v) is 6.93. The summed E-state index contributed by atoms with van der Waals surface area (Å²) in [7, 11) is 0. The molecule has 4 rings (SSSR count). The van der Waals surface area contributed by atoms with Crippen LogP contribution in [0.25, 0.3) is 0 Å². The van der Waals surface area contributed by atoms with Gasteiger partial charge < -0.3 is 10.2 Å². The number of fused-ring (bicyclic) bond motifs is 1. The average Bonchev–Trinajstić information content (AvgIpc) is 2.78. The second-order valence-electron chi connectivity index (χ2n) is 8.10. The molecule has 0 aromatic heterocycles. The van der Waals surface area contributed by atoms with Gasteiger partial charge in [0.25, 0.3) is 0 Å². The van der Waals surface area contributed by atoms with Crippen LogP contribution >= 0.6 is 15.9 Å². The average molecular weight is 484 g/mol. The summed E-state index contributed by atoms with van der Waals surface area (Å²) in [6, 6.07) is 15.9. The zero-order valence-electron chi connectivity index (χ0n) is 17.5. The van der Waals surface area contributed by atoms with Crippen LogP contribution in [0.2, 0.25) is 0 Å². The van der Waals surface area contributed by atoms with Gasteiger partial charge in [-0.3, -0.25) is 9.59 Å². The van der Waals surface area contributed by atoms with Crippen molar-refractivity contribution in [1.82, 2.24) is 4.90 Å². The number of nitrogens with zero attached hydrogens (tertiary/aromatic N) is 2. The number of amides is 4. The number of aryl methyl sites for hydroxylation is 1. The first-order chi connectivity index (χ1) is 15.0. The lowest BCUT2D eigenvalue weighted by molar-refractivity contribution is -0.128. The summed E-state index contributed by atoms with van der Waals surface area (Å²) < 4.78 is 0. The molecule has 3 atom stereocenters. The molecule has 0 bridgehead atoms. The van der Waals surface area contributed by atoms with Gasteiger partial charge in [-0.1, -0.05) is 53.2 Å². The Bertz CT molecular complexity index is 964. The van der Waals surface area contributed by atoms with E-state index in [4.69, 9.17) is 0 Å². The molecule has 4 amide bonds. The van der Waals surface area contributed by atoms with Gasteiger partial charge in [-0.25, -0.2) is 9.69 Å². The molecule has 2 fully saturated rings. The third-order valence-electron chi connectivity index (χ3n) is 6.10. The second-order valence-corrected chi connectivity index (χ2v) is 9.40. The molecule has 1 aliphatic carbocycles. The molecule has 2 aromatic carbocycles. The Hall–Kier alpha value is -2.67. The number of halogens is 1. The highest BCUT2D eigenvalue weighted by Gasteiger charge is 2.49. The number of alkyl halides is 1. The van der Waals surface area contributed by atoms with Crippen molar-refractivity contribution < 1.29 is 14.4 Å². The van der Waals surface area contributed by atoms with E-state index in [0.717, 1.165) is 12.8 Å². The molecule has 0 radical (unpaired) electrons. The van der Waals surface area contributed by atoms with Crippen LogP contribution in [0.1, 0.15) is 31.7 Å². The minimum absolute atomic E-state index is 0.0842. The highest BCUT2D eigenvalue weighted by atomic mass is 79.9. The van der Waals surface area contributed by atoms with Crippen LogP contribution < -0.4 is 10.2 Å². The number of imide groups is 1. The SMILES string of the molecule is CCc1ccc(NC(=O)CN2C(=O)N(c3ccccc3)C(=O)C3CC(Br)CCC32)cc1. The highest BCUT2D eigenvalue weighted by Crippen LogP contribution is 2.38. The van der Waals surface area contributed by atoms with Gasteiger partial charge in [0, 0.05) is 16.6 Å². The summed E-state index contributed by atoms with van der Waals surface area (Å²) >= 11 is 3.64. The largest absolute Gasteiger partial charge is 0.332 e. The molecular formula is C24H26BrN3O3. The minimum Gasteiger partial charge on any atom is -0.325 e. The second kappa shape index (κ2) is 9.22. The van der Waals surface area contributed by atoms with Crippen LogP contribution in [-0.4, -0.2) is 40.2 Å². The predicted octanol–water partition coefficient (Wildman–Crippen LogP) is 4.59. The van der Waals surface area contributed by atoms with E-state index in [1.54, 1.807) is 29.2 Å². The van der Waals surface area contributed by atoms with E-state index in [2.05, 4.69) is 28.2 Å². The van der Waals surface area contributed by atoms with Crippen molar-refractivity contribution in [1.29, 1.82) is 0 Å². The maximum atomic E-state index is 13.4. The van der Waals surface area contributed by atoms with E-state index in [0.29, 0.717) is 24.2 Å². The number of urea groups is 1. The van der Waals surface area contributed by atoms with Crippen molar-refractivity contribution in [3.8, 4) is 0 Å². The van der Waals surface area contributed by atoms with E-state index < -0.39 is 6.03 Å². The van der Waals surface area contributed by atoms with Crippen molar-refractivity contribution in [2.24, 2.45) is 5.92 Å². The van der Waals surface area contributed by atoms with Crippen LogP contribution in [0.15, 0.2) is 54.6 Å². The van der Waals surface area contributed by atoms with Gasteiger partial charge in [-0.15, -0.1) is 0 Å². The van der Waals surface area contributed by atoms with Gasteiger partial charge in [0.05, 0.1) is 11.6 Å². The normalized spacial score (nSPS) is 23.5. The molecule has 3 unspecified atom stereocenters. The van der Waals surface area contributed by atoms with E-state index in [1.807, 2.05) is 30.3 Å². The summed E-state index contributed by atoms with van der Waals surface area (Å²) in [5.74, 6) is -0.774. The zero-order valence-corrected chi connectivity index (χ0v) is 19.0. The number of hydrogen-bond donors (Lipinski definition) is 1. The number of anilines is 2. The molecular weight excluding hydrogens is 458 g/mol. The van der Waals surface area contributed by atoms with E-state index in [1.165, 1.54) is 10.5 Å². The fourth-order valence-electron chi connectivity index (χ4n) is 4.45. The summed E-state index contributed by atoms with van der Waals surface area (Å²) in [4.78, 5) is 42.5. The smallest absolute Gasteiger partial charge is 0.325 e. The van der Waals surface area contributed by atoms with E-state index in [-0.39, 0.29) is 35.1 Å². The van der Waals surface area contributed by atoms with Crippen LogP contribution in [0.4, 0.5) is 16.2 Å². The molecule has 1 aliphatic heterocycles. The molecule has 31 heavy (non-hydrogen) atoms. The van der Waals surface area contributed by atoms with Crippen molar-refractivity contribution >= 4 is 45.2 Å². The lowest BCUT2D eigenvalue weighted by atomic mass is 9.81. The molecule has 6 nitrogen and oxygen atoms in total. The number of nitrogens with one attached hydrogen (secondary N) is 1. The molecule has 162 valence electrons. The first-order valence-electron chi connectivity index (χ1n) is 10.7.